The van der Waals surface area contributed by atoms with Crippen molar-refractivity contribution in [3.05, 3.63) is 40.9 Å². The van der Waals surface area contributed by atoms with Crippen LogP contribution in [0.25, 0.3) is 5.69 Å². The molecule has 0 bridgehead atoms. The van der Waals surface area contributed by atoms with E-state index in [1.807, 2.05) is 46.5 Å². The zero-order valence-electron chi connectivity index (χ0n) is 12.4. The summed E-state index contributed by atoms with van der Waals surface area (Å²) in [6, 6.07) is 10.1. The lowest BCUT2D eigenvalue weighted by molar-refractivity contribution is -0.0307. The molecular formula is C15H20N4OS. The molecule has 1 atom stereocenters. The van der Waals surface area contributed by atoms with E-state index in [2.05, 4.69) is 16.9 Å². The highest BCUT2D eigenvalue weighted by atomic mass is 32.1. The summed E-state index contributed by atoms with van der Waals surface area (Å²) in [5.41, 5.74) is 1.06. The van der Waals surface area contributed by atoms with Crippen LogP contribution in [0.5, 0.6) is 0 Å². The number of nitrogens with zero attached hydrogens (tertiary/aromatic N) is 4. The number of hydrogen-bond acceptors (Lipinski definition) is 4. The first-order valence-corrected chi connectivity index (χ1v) is 7.62. The number of aromatic nitrogens is 3. The van der Waals surface area contributed by atoms with Crippen LogP contribution in [0.15, 0.2) is 30.3 Å². The Morgan fingerprint density at radius 3 is 2.81 bits per heavy atom. The molecule has 0 spiro atoms. The Balaban J connectivity index is 1.86. The molecule has 112 valence electrons. The number of ether oxygens (including phenoxy) is 1. The molecule has 1 saturated heterocycles. The Morgan fingerprint density at radius 1 is 1.33 bits per heavy atom. The third-order valence-corrected chi connectivity index (χ3v) is 4.07. The highest BCUT2D eigenvalue weighted by Gasteiger charge is 2.18. The number of morpholine rings is 1. The Hall–Kier alpha value is -1.50. The summed E-state index contributed by atoms with van der Waals surface area (Å²) in [5, 5.41) is 4.60. The molecule has 5 nitrogen and oxygen atoms in total. The van der Waals surface area contributed by atoms with Gasteiger partial charge in [0, 0.05) is 18.8 Å². The van der Waals surface area contributed by atoms with Crippen LogP contribution in [0.1, 0.15) is 12.7 Å². The molecule has 1 aromatic heterocycles. The number of benzene rings is 1. The quantitative estimate of drug-likeness (QED) is 0.816. The molecule has 0 aliphatic carbocycles. The van der Waals surface area contributed by atoms with E-state index in [9.17, 15) is 0 Å². The molecule has 0 saturated carbocycles. The minimum atomic E-state index is 0.269. The average Bonchev–Trinajstić information content (AvgIpc) is 2.74. The van der Waals surface area contributed by atoms with Crippen molar-refractivity contribution in [3.63, 3.8) is 0 Å². The highest BCUT2D eigenvalue weighted by molar-refractivity contribution is 7.71. The van der Waals surface area contributed by atoms with E-state index in [1.165, 1.54) is 0 Å². The van der Waals surface area contributed by atoms with Gasteiger partial charge in [0.25, 0.3) is 0 Å². The van der Waals surface area contributed by atoms with Gasteiger partial charge in [-0.2, -0.15) is 5.10 Å². The SMILES string of the molecule is Cc1nn(CN2CCO[C@H](C)C2)c(=S)n1-c1ccccc1. The molecule has 0 radical (unpaired) electrons. The zero-order valence-corrected chi connectivity index (χ0v) is 13.2. The summed E-state index contributed by atoms with van der Waals surface area (Å²) < 4.78 is 10.2. The largest absolute Gasteiger partial charge is 0.376 e. The molecular weight excluding hydrogens is 284 g/mol. The standard InChI is InChI=1S/C15H20N4OS/c1-12-10-17(8-9-20-12)11-18-15(21)19(13(2)16-18)14-6-4-3-5-7-14/h3-7,12H,8-11H2,1-2H3/t12-/m1/s1. The van der Waals surface area contributed by atoms with Crippen LogP contribution < -0.4 is 0 Å². The lowest BCUT2D eigenvalue weighted by atomic mass is 10.3. The van der Waals surface area contributed by atoms with Crippen LogP contribution in [0, 0.1) is 11.7 Å². The molecule has 0 unspecified atom stereocenters. The summed E-state index contributed by atoms with van der Waals surface area (Å²) in [4.78, 5) is 2.33. The van der Waals surface area contributed by atoms with Gasteiger partial charge in [-0.05, 0) is 38.2 Å². The third-order valence-electron chi connectivity index (χ3n) is 3.67. The smallest absolute Gasteiger partial charge is 0.203 e. The summed E-state index contributed by atoms with van der Waals surface area (Å²) in [6.45, 7) is 7.41. The van der Waals surface area contributed by atoms with Gasteiger partial charge in [-0.3, -0.25) is 9.47 Å². The second-order valence-corrected chi connectivity index (χ2v) is 5.77. The van der Waals surface area contributed by atoms with Crippen molar-refractivity contribution in [2.45, 2.75) is 26.6 Å². The maximum atomic E-state index is 5.60. The molecule has 1 aromatic carbocycles. The van der Waals surface area contributed by atoms with Gasteiger partial charge >= 0.3 is 0 Å². The van der Waals surface area contributed by atoms with E-state index in [-0.39, 0.29) is 6.10 Å². The maximum Gasteiger partial charge on any atom is 0.203 e. The minimum Gasteiger partial charge on any atom is -0.376 e. The molecule has 1 aliphatic rings. The zero-order chi connectivity index (χ0) is 14.8. The van der Waals surface area contributed by atoms with Crippen molar-refractivity contribution in [2.24, 2.45) is 0 Å². The second kappa shape index (κ2) is 6.09. The van der Waals surface area contributed by atoms with Crippen molar-refractivity contribution in [2.75, 3.05) is 19.7 Å². The lowest BCUT2D eigenvalue weighted by Crippen LogP contribution is -2.42. The Morgan fingerprint density at radius 2 is 2.10 bits per heavy atom. The van der Waals surface area contributed by atoms with Gasteiger partial charge in [0.2, 0.25) is 4.77 Å². The second-order valence-electron chi connectivity index (χ2n) is 5.40. The average molecular weight is 304 g/mol. The number of hydrogen-bond donors (Lipinski definition) is 0. The van der Waals surface area contributed by atoms with Crippen LogP contribution >= 0.6 is 12.2 Å². The fraction of sp³-hybridized carbons (Fsp3) is 0.467. The van der Waals surface area contributed by atoms with Crippen LogP contribution in [0.3, 0.4) is 0 Å². The summed E-state index contributed by atoms with van der Waals surface area (Å²) in [6.07, 6.45) is 0.269. The number of para-hydroxylation sites is 1. The Kier molecular flexibility index (Phi) is 4.19. The molecule has 21 heavy (non-hydrogen) atoms. The van der Waals surface area contributed by atoms with Gasteiger partial charge in [-0.1, -0.05) is 18.2 Å². The molecule has 1 aliphatic heterocycles. The number of aryl methyl sites for hydroxylation is 1. The Bertz CT molecular complexity index is 664. The van der Waals surface area contributed by atoms with E-state index in [0.717, 1.165) is 36.0 Å². The Labute approximate surface area is 129 Å². The minimum absolute atomic E-state index is 0.269. The predicted octanol–water partition coefficient (Wildman–Crippen LogP) is 2.39. The molecule has 2 aromatic rings. The van der Waals surface area contributed by atoms with E-state index in [0.29, 0.717) is 6.67 Å². The molecule has 3 rings (SSSR count). The van der Waals surface area contributed by atoms with E-state index in [1.54, 1.807) is 0 Å². The van der Waals surface area contributed by atoms with Crippen LogP contribution in [-0.2, 0) is 11.4 Å². The van der Waals surface area contributed by atoms with Gasteiger partial charge in [0.05, 0.1) is 19.4 Å². The summed E-state index contributed by atoms with van der Waals surface area (Å²) in [5.74, 6) is 0.910. The normalized spacial score (nSPS) is 19.8. The molecule has 2 heterocycles. The van der Waals surface area contributed by atoms with Gasteiger partial charge in [0.1, 0.15) is 5.82 Å². The maximum absolute atomic E-state index is 5.60. The van der Waals surface area contributed by atoms with Crippen molar-refractivity contribution in [1.29, 1.82) is 0 Å². The lowest BCUT2D eigenvalue weighted by Gasteiger charge is -2.30. The molecule has 1 fully saturated rings. The molecule has 6 heteroatoms. The van der Waals surface area contributed by atoms with Crippen molar-refractivity contribution in [1.82, 2.24) is 19.2 Å². The van der Waals surface area contributed by atoms with Crippen molar-refractivity contribution >= 4 is 12.2 Å². The topological polar surface area (TPSA) is 35.2 Å². The van der Waals surface area contributed by atoms with Crippen molar-refractivity contribution < 1.29 is 4.74 Å². The summed E-state index contributed by atoms with van der Waals surface area (Å²) in [7, 11) is 0. The van der Waals surface area contributed by atoms with Gasteiger partial charge in [0.15, 0.2) is 0 Å². The van der Waals surface area contributed by atoms with Gasteiger partial charge in [-0.25, -0.2) is 4.68 Å². The fourth-order valence-corrected chi connectivity index (χ4v) is 3.03. The fourth-order valence-electron chi connectivity index (χ4n) is 2.69. The van der Waals surface area contributed by atoms with E-state index in [4.69, 9.17) is 17.0 Å². The predicted molar refractivity (Wildman–Crippen MR) is 84.1 cm³/mol. The van der Waals surface area contributed by atoms with Crippen molar-refractivity contribution in [3.8, 4) is 5.69 Å². The van der Waals surface area contributed by atoms with Gasteiger partial charge < -0.3 is 4.74 Å². The first kappa shape index (κ1) is 14.4. The van der Waals surface area contributed by atoms with Crippen LogP contribution in [0.2, 0.25) is 0 Å². The monoisotopic (exact) mass is 304 g/mol. The first-order chi connectivity index (χ1) is 10.1. The molecule has 0 N–H and O–H groups in total. The molecule has 0 amide bonds. The number of rotatable bonds is 3. The summed E-state index contributed by atoms with van der Waals surface area (Å²) >= 11 is 5.60. The highest BCUT2D eigenvalue weighted by Crippen LogP contribution is 2.13. The third kappa shape index (κ3) is 3.07. The van der Waals surface area contributed by atoms with E-state index >= 15 is 0 Å². The van der Waals surface area contributed by atoms with Crippen LogP contribution in [-0.4, -0.2) is 45.0 Å². The van der Waals surface area contributed by atoms with Gasteiger partial charge in [-0.15, -0.1) is 0 Å². The first-order valence-electron chi connectivity index (χ1n) is 7.21. The van der Waals surface area contributed by atoms with E-state index < -0.39 is 0 Å². The van der Waals surface area contributed by atoms with Crippen LogP contribution in [0.4, 0.5) is 0 Å².